The fourth-order valence-electron chi connectivity index (χ4n) is 4.23. The molecular weight excluding hydrogens is 404 g/mol. The van der Waals surface area contributed by atoms with Crippen molar-refractivity contribution in [3.05, 3.63) is 82.0 Å². The highest BCUT2D eigenvalue weighted by Crippen LogP contribution is 2.42. The molecule has 5 nitrogen and oxygen atoms in total. The average Bonchev–Trinajstić information content (AvgIpc) is 3.43. The number of nitrogens with one attached hydrogen (secondary N) is 1. The van der Waals surface area contributed by atoms with Crippen LogP contribution in [0.4, 0.5) is 5.13 Å². The molecule has 2 aromatic heterocycles. The lowest BCUT2D eigenvalue weighted by Gasteiger charge is -2.12. The molecule has 1 saturated carbocycles. The zero-order chi connectivity index (χ0) is 20.8. The highest BCUT2D eigenvalue weighted by Gasteiger charge is 2.29. The average molecular weight is 425 g/mol. The second-order valence-corrected chi connectivity index (χ2v) is 9.09. The number of carbonyl (C=O) groups is 1. The molecule has 2 aliphatic rings. The van der Waals surface area contributed by atoms with Crippen molar-refractivity contribution in [1.82, 2.24) is 15.2 Å². The Morgan fingerprint density at radius 3 is 2.65 bits per heavy atom. The summed E-state index contributed by atoms with van der Waals surface area (Å²) in [6.45, 7) is 0. The van der Waals surface area contributed by atoms with Crippen molar-refractivity contribution in [2.45, 2.75) is 31.6 Å². The van der Waals surface area contributed by atoms with Crippen molar-refractivity contribution >= 4 is 44.9 Å². The summed E-state index contributed by atoms with van der Waals surface area (Å²) in [6, 6.07) is 18.1. The zero-order valence-corrected chi connectivity index (χ0v) is 17.7. The van der Waals surface area contributed by atoms with E-state index < -0.39 is 0 Å². The van der Waals surface area contributed by atoms with Gasteiger partial charge in [0.25, 0.3) is 5.91 Å². The van der Waals surface area contributed by atoms with Crippen LogP contribution in [0, 0.1) is 0 Å². The lowest BCUT2D eigenvalue weighted by molar-refractivity contribution is 0.102. The predicted octanol–water partition coefficient (Wildman–Crippen LogP) is 5.70. The van der Waals surface area contributed by atoms with Crippen LogP contribution >= 0.6 is 11.3 Å². The van der Waals surface area contributed by atoms with E-state index in [4.69, 9.17) is 4.98 Å². The van der Waals surface area contributed by atoms with Crippen LogP contribution in [-0.4, -0.2) is 21.1 Å². The largest absolute Gasteiger partial charge is 0.296 e. The van der Waals surface area contributed by atoms with Crippen LogP contribution in [-0.2, 0) is 6.42 Å². The molecule has 2 heterocycles. The van der Waals surface area contributed by atoms with Crippen molar-refractivity contribution in [3.63, 3.8) is 0 Å². The summed E-state index contributed by atoms with van der Waals surface area (Å²) < 4.78 is 0. The SMILES string of the molecule is O=C(Nc1nnc(C2CC2)s1)c1c2c(nc3ccccc13)/C(=C\c1ccccc1)CC2. The Bertz CT molecular complexity index is 1340. The number of para-hydroxylation sites is 1. The minimum atomic E-state index is -0.130. The molecule has 0 saturated heterocycles. The van der Waals surface area contributed by atoms with Gasteiger partial charge in [0.15, 0.2) is 0 Å². The molecule has 0 bridgehead atoms. The molecule has 0 atom stereocenters. The van der Waals surface area contributed by atoms with E-state index in [1.807, 2.05) is 42.5 Å². The Labute approximate surface area is 183 Å². The first-order chi connectivity index (χ1) is 15.3. The van der Waals surface area contributed by atoms with Gasteiger partial charge in [0.05, 0.1) is 16.8 Å². The van der Waals surface area contributed by atoms with E-state index >= 15 is 0 Å². The first kappa shape index (κ1) is 18.4. The van der Waals surface area contributed by atoms with Gasteiger partial charge in [-0.2, -0.15) is 0 Å². The highest BCUT2D eigenvalue weighted by atomic mass is 32.1. The smallest absolute Gasteiger partial charge is 0.258 e. The molecule has 0 spiro atoms. The number of carbonyl (C=O) groups excluding carboxylic acids is 1. The minimum absolute atomic E-state index is 0.130. The summed E-state index contributed by atoms with van der Waals surface area (Å²) in [6.07, 6.45) is 6.20. The molecule has 0 radical (unpaired) electrons. The van der Waals surface area contributed by atoms with Crippen molar-refractivity contribution < 1.29 is 4.79 Å². The fourth-order valence-corrected chi connectivity index (χ4v) is 5.14. The zero-order valence-electron chi connectivity index (χ0n) is 16.8. The first-order valence-corrected chi connectivity index (χ1v) is 11.4. The third-order valence-electron chi connectivity index (χ3n) is 5.90. The molecular formula is C25H20N4OS. The number of nitrogens with zero attached hydrogens (tertiary/aromatic N) is 3. The van der Waals surface area contributed by atoms with Crippen LogP contribution in [0.5, 0.6) is 0 Å². The van der Waals surface area contributed by atoms with E-state index in [0.29, 0.717) is 16.6 Å². The summed E-state index contributed by atoms with van der Waals surface area (Å²) in [5, 5.41) is 13.9. The third-order valence-corrected chi connectivity index (χ3v) is 6.90. The number of benzene rings is 2. The second-order valence-electron chi connectivity index (χ2n) is 8.09. The molecule has 6 rings (SSSR count). The molecule has 4 aromatic rings. The van der Waals surface area contributed by atoms with E-state index in [0.717, 1.165) is 45.6 Å². The summed E-state index contributed by atoms with van der Waals surface area (Å²) in [5.41, 5.74) is 5.82. The predicted molar refractivity (Wildman–Crippen MR) is 124 cm³/mol. The summed E-state index contributed by atoms with van der Waals surface area (Å²) >= 11 is 1.49. The van der Waals surface area contributed by atoms with Crippen molar-refractivity contribution in [2.24, 2.45) is 0 Å². The van der Waals surface area contributed by atoms with E-state index in [-0.39, 0.29) is 5.91 Å². The number of rotatable bonds is 4. The van der Waals surface area contributed by atoms with Gasteiger partial charge in [-0.25, -0.2) is 4.98 Å². The number of hydrogen-bond acceptors (Lipinski definition) is 5. The fraction of sp³-hybridized carbons (Fsp3) is 0.200. The van der Waals surface area contributed by atoms with Gasteiger partial charge in [-0.15, -0.1) is 10.2 Å². The number of aromatic nitrogens is 3. The van der Waals surface area contributed by atoms with E-state index in [1.165, 1.54) is 29.8 Å². The number of pyridine rings is 1. The molecule has 6 heteroatoms. The van der Waals surface area contributed by atoms with Crippen molar-refractivity contribution in [2.75, 3.05) is 5.32 Å². The van der Waals surface area contributed by atoms with Crippen LogP contribution in [0.2, 0.25) is 0 Å². The van der Waals surface area contributed by atoms with Crippen molar-refractivity contribution in [3.8, 4) is 0 Å². The van der Waals surface area contributed by atoms with Crippen molar-refractivity contribution in [1.29, 1.82) is 0 Å². The second kappa shape index (κ2) is 7.39. The number of amides is 1. The Balaban J connectivity index is 1.43. The Hall–Kier alpha value is -3.38. The van der Waals surface area contributed by atoms with Gasteiger partial charge in [0.1, 0.15) is 5.01 Å². The molecule has 0 aliphatic heterocycles. The summed E-state index contributed by atoms with van der Waals surface area (Å²) in [7, 11) is 0. The topological polar surface area (TPSA) is 67.8 Å². The lowest BCUT2D eigenvalue weighted by Crippen LogP contribution is -2.15. The van der Waals surface area contributed by atoms with E-state index in [9.17, 15) is 4.79 Å². The minimum Gasteiger partial charge on any atom is -0.296 e. The van der Waals surface area contributed by atoms with Crippen LogP contribution < -0.4 is 5.32 Å². The number of fused-ring (bicyclic) bond motifs is 2. The van der Waals surface area contributed by atoms with Gasteiger partial charge in [-0.3, -0.25) is 10.1 Å². The maximum atomic E-state index is 13.4. The Kier molecular flexibility index (Phi) is 4.39. The van der Waals surface area contributed by atoms with Gasteiger partial charge in [-0.1, -0.05) is 59.9 Å². The number of anilines is 1. The standard InChI is InChI=1S/C25H20N4OS/c30-23(27-25-29-28-24(31-25)16-10-11-16)21-18-8-4-5-9-20(18)26-22-17(12-13-19(21)22)14-15-6-2-1-3-7-15/h1-9,14,16H,10-13H2,(H,27,29,30)/b17-14-. The lowest BCUT2D eigenvalue weighted by atomic mass is 10.00. The molecule has 1 amide bonds. The molecule has 1 fully saturated rings. The summed E-state index contributed by atoms with van der Waals surface area (Å²) in [4.78, 5) is 18.4. The molecule has 152 valence electrons. The summed E-state index contributed by atoms with van der Waals surface area (Å²) in [5.74, 6) is 0.397. The normalized spacial score (nSPS) is 16.6. The van der Waals surface area contributed by atoms with Gasteiger partial charge in [0.2, 0.25) is 5.13 Å². The first-order valence-electron chi connectivity index (χ1n) is 10.6. The highest BCUT2D eigenvalue weighted by molar-refractivity contribution is 7.15. The third kappa shape index (κ3) is 3.43. The number of hydrogen-bond donors (Lipinski definition) is 1. The maximum absolute atomic E-state index is 13.4. The van der Waals surface area contributed by atoms with Crippen LogP contribution in [0.3, 0.4) is 0 Å². The van der Waals surface area contributed by atoms with E-state index in [1.54, 1.807) is 0 Å². The molecule has 2 aromatic carbocycles. The number of allylic oxidation sites excluding steroid dienone is 1. The Morgan fingerprint density at radius 2 is 1.81 bits per heavy atom. The van der Waals surface area contributed by atoms with Gasteiger partial charge in [-0.05, 0) is 54.5 Å². The van der Waals surface area contributed by atoms with Crippen LogP contribution in [0.1, 0.15) is 57.4 Å². The van der Waals surface area contributed by atoms with Gasteiger partial charge >= 0.3 is 0 Å². The molecule has 2 aliphatic carbocycles. The molecule has 31 heavy (non-hydrogen) atoms. The van der Waals surface area contributed by atoms with Crippen LogP contribution in [0.15, 0.2) is 54.6 Å². The quantitative estimate of drug-likeness (QED) is 0.456. The van der Waals surface area contributed by atoms with E-state index in [2.05, 4.69) is 33.7 Å². The van der Waals surface area contributed by atoms with Crippen LogP contribution in [0.25, 0.3) is 22.6 Å². The maximum Gasteiger partial charge on any atom is 0.258 e. The Morgan fingerprint density at radius 1 is 1.00 bits per heavy atom. The monoisotopic (exact) mass is 424 g/mol. The molecule has 0 unspecified atom stereocenters. The molecule has 1 N–H and O–H groups in total. The van der Waals surface area contributed by atoms with Gasteiger partial charge in [0, 0.05) is 11.3 Å². The van der Waals surface area contributed by atoms with Gasteiger partial charge < -0.3 is 0 Å².